The lowest BCUT2D eigenvalue weighted by Gasteiger charge is -2.29. The Hall–Kier alpha value is -3.73. The number of aryl methyl sites for hydroxylation is 1. The number of amides is 2. The molecule has 0 radical (unpaired) electrons. The molecule has 2 aromatic heterocycles. The molecular weight excluding hydrogens is 536 g/mol. The second-order valence-corrected chi connectivity index (χ2v) is 10.4. The molecule has 0 aliphatic carbocycles. The van der Waals surface area contributed by atoms with Crippen LogP contribution in [0.1, 0.15) is 33.6 Å². The SMILES string of the molecule is CNc1cc(OC2CSCC2OC)c(C#N)cn1.O=Cc1nc2c(cc1CN1CCOCC1=O)CCCN2C=O. The predicted octanol–water partition coefficient (Wildman–Crippen LogP) is 1.67. The van der Waals surface area contributed by atoms with Crippen molar-refractivity contribution in [2.24, 2.45) is 0 Å². The third kappa shape index (κ3) is 6.88. The van der Waals surface area contributed by atoms with Crippen LogP contribution >= 0.6 is 11.8 Å². The van der Waals surface area contributed by atoms with Crippen molar-refractivity contribution in [3.63, 3.8) is 0 Å². The van der Waals surface area contributed by atoms with Crippen LogP contribution in [0.3, 0.4) is 0 Å². The highest BCUT2D eigenvalue weighted by molar-refractivity contribution is 7.99. The number of hydrogen-bond acceptors (Lipinski definition) is 11. The Bertz CT molecular complexity index is 1270. The summed E-state index contributed by atoms with van der Waals surface area (Å²) in [6, 6.07) is 5.73. The molecule has 3 aliphatic rings. The maximum Gasteiger partial charge on any atom is 0.248 e. The van der Waals surface area contributed by atoms with Gasteiger partial charge < -0.3 is 24.4 Å². The molecule has 5 heterocycles. The first-order valence-corrected chi connectivity index (χ1v) is 14.1. The predicted molar refractivity (Wildman–Crippen MR) is 149 cm³/mol. The molecule has 5 rings (SSSR count). The van der Waals surface area contributed by atoms with E-state index in [0.29, 0.717) is 55.5 Å². The fourth-order valence-corrected chi connectivity index (χ4v) is 5.84. The fraction of sp³-hybridized carbons (Fsp3) is 0.481. The number of fused-ring (bicyclic) bond motifs is 1. The van der Waals surface area contributed by atoms with Gasteiger partial charge in [-0.25, -0.2) is 9.97 Å². The van der Waals surface area contributed by atoms with Crippen molar-refractivity contribution in [2.75, 3.05) is 62.2 Å². The Kier molecular flexibility index (Phi) is 10.3. The van der Waals surface area contributed by atoms with E-state index >= 15 is 0 Å². The lowest BCUT2D eigenvalue weighted by molar-refractivity contribution is -0.143. The van der Waals surface area contributed by atoms with E-state index in [1.807, 2.05) is 6.07 Å². The highest BCUT2D eigenvalue weighted by Crippen LogP contribution is 2.29. The number of nitrogens with zero attached hydrogens (tertiary/aromatic N) is 5. The first-order valence-electron chi connectivity index (χ1n) is 12.9. The highest BCUT2D eigenvalue weighted by Gasteiger charge is 2.30. The van der Waals surface area contributed by atoms with Gasteiger partial charge in [0.1, 0.15) is 53.5 Å². The number of ether oxygens (including phenoxy) is 3. The number of nitrogens with one attached hydrogen (secondary N) is 1. The fourth-order valence-electron chi connectivity index (χ4n) is 4.60. The molecule has 0 aromatic carbocycles. The van der Waals surface area contributed by atoms with Crippen molar-refractivity contribution >= 4 is 42.0 Å². The first kappa shape index (κ1) is 29.3. The smallest absolute Gasteiger partial charge is 0.248 e. The van der Waals surface area contributed by atoms with Crippen molar-refractivity contribution < 1.29 is 28.6 Å². The number of carbonyl (C=O) groups excluding carboxylic acids is 3. The number of nitriles is 1. The van der Waals surface area contributed by atoms with Crippen molar-refractivity contribution in [1.29, 1.82) is 5.26 Å². The normalized spacial score (nSPS) is 20.1. The topological polar surface area (TPSA) is 147 Å². The minimum atomic E-state index is -0.0877. The summed E-state index contributed by atoms with van der Waals surface area (Å²) in [7, 11) is 3.46. The summed E-state index contributed by atoms with van der Waals surface area (Å²) in [5.74, 6) is 3.51. The molecule has 2 fully saturated rings. The molecule has 0 bridgehead atoms. The van der Waals surface area contributed by atoms with E-state index in [2.05, 4.69) is 21.4 Å². The van der Waals surface area contributed by atoms with Gasteiger partial charge in [-0.15, -0.1) is 0 Å². The molecule has 2 unspecified atom stereocenters. The zero-order valence-electron chi connectivity index (χ0n) is 22.5. The van der Waals surface area contributed by atoms with Crippen LogP contribution in [0.5, 0.6) is 5.75 Å². The number of pyridine rings is 2. The number of thioether (sulfide) groups is 1. The first-order chi connectivity index (χ1) is 19.5. The van der Waals surface area contributed by atoms with Crippen LogP contribution in [0.4, 0.5) is 11.6 Å². The van der Waals surface area contributed by atoms with Gasteiger partial charge in [-0.1, -0.05) is 0 Å². The van der Waals surface area contributed by atoms with Gasteiger partial charge in [0.25, 0.3) is 0 Å². The maximum atomic E-state index is 11.8. The molecule has 0 saturated carbocycles. The van der Waals surface area contributed by atoms with E-state index in [1.165, 1.54) is 11.1 Å². The maximum absolute atomic E-state index is 11.8. The Morgan fingerprint density at radius 3 is 2.80 bits per heavy atom. The minimum absolute atomic E-state index is 0.0146. The average Bonchev–Trinajstić information content (AvgIpc) is 3.45. The van der Waals surface area contributed by atoms with Gasteiger partial charge >= 0.3 is 0 Å². The summed E-state index contributed by atoms with van der Waals surface area (Å²) in [4.78, 5) is 45.9. The van der Waals surface area contributed by atoms with Crippen LogP contribution in [0.15, 0.2) is 18.3 Å². The summed E-state index contributed by atoms with van der Waals surface area (Å²) in [6.07, 6.45) is 4.68. The van der Waals surface area contributed by atoms with E-state index in [9.17, 15) is 14.4 Å². The number of aldehydes is 1. The van der Waals surface area contributed by atoms with Gasteiger partial charge in [0.05, 0.1) is 12.8 Å². The molecule has 12 nitrogen and oxygen atoms in total. The van der Waals surface area contributed by atoms with Crippen LogP contribution in [-0.4, -0.2) is 97.6 Å². The second-order valence-electron chi connectivity index (χ2n) is 9.30. The molecule has 2 saturated heterocycles. The number of carbonyl (C=O) groups is 3. The standard InChI is InChI=1S/C15H17N3O4.C12H15N3O2S/c19-8-13-12(7-17-4-5-22-9-14(17)21)6-11-2-1-3-18(10-20)15(11)16-13;1-14-12-3-9(8(4-13)5-15-12)17-11-7-18-6-10(11)16-2/h6,8,10H,1-5,7,9H2;3,5,10-11H,6-7H2,1-2H3,(H,14,15). The number of rotatable bonds is 8. The third-order valence-corrected chi connectivity index (χ3v) is 7.92. The van der Waals surface area contributed by atoms with Crippen LogP contribution < -0.4 is 15.0 Å². The summed E-state index contributed by atoms with van der Waals surface area (Å²) < 4.78 is 16.4. The van der Waals surface area contributed by atoms with Gasteiger partial charge in [-0.05, 0) is 24.5 Å². The van der Waals surface area contributed by atoms with Gasteiger partial charge in [0, 0.05) is 56.9 Å². The average molecular weight is 569 g/mol. The largest absolute Gasteiger partial charge is 0.485 e. The molecule has 2 amide bonds. The molecule has 13 heteroatoms. The molecule has 2 atom stereocenters. The Morgan fingerprint density at radius 2 is 2.10 bits per heavy atom. The van der Waals surface area contributed by atoms with E-state index in [-0.39, 0.29) is 30.4 Å². The number of aromatic nitrogens is 2. The number of anilines is 2. The van der Waals surface area contributed by atoms with E-state index < -0.39 is 0 Å². The Morgan fingerprint density at radius 1 is 1.27 bits per heavy atom. The van der Waals surface area contributed by atoms with Crippen molar-refractivity contribution in [3.8, 4) is 11.8 Å². The zero-order valence-corrected chi connectivity index (χ0v) is 23.3. The number of methoxy groups -OCH3 is 1. The molecule has 3 aliphatic heterocycles. The van der Waals surface area contributed by atoms with Crippen LogP contribution in [0, 0.1) is 11.3 Å². The lowest BCUT2D eigenvalue weighted by Crippen LogP contribution is -2.41. The lowest BCUT2D eigenvalue weighted by atomic mass is 10.0. The van der Waals surface area contributed by atoms with Crippen molar-refractivity contribution in [1.82, 2.24) is 14.9 Å². The summed E-state index contributed by atoms with van der Waals surface area (Å²) in [5, 5.41) is 12.0. The van der Waals surface area contributed by atoms with Crippen molar-refractivity contribution in [2.45, 2.75) is 31.6 Å². The molecule has 2 aromatic rings. The molecule has 1 N–H and O–H groups in total. The molecule has 40 heavy (non-hydrogen) atoms. The van der Waals surface area contributed by atoms with Gasteiger partial charge in [0.15, 0.2) is 6.29 Å². The quantitative estimate of drug-likeness (QED) is 0.464. The third-order valence-electron chi connectivity index (χ3n) is 6.79. The summed E-state index contributed by atoms with van der Waals surface area (Å²) in [6.45, 7) is 2.04. The van der Waals surface area contributed by atoms with Gasteiger partial charge in [0.2, 0.25) is 12.3 Å². The van der Waals surface area contributed by atoms with Crippen LogP contribution in [0.25, 0.3) is 0 Å². The van der Waals surface area contributed by atoms with E-state index in [4.69, 9.17) is 19.5 Å². The molecule has 0 spiro atoms. The van der Waals surface area contributed by atoms with Gasteiger partial charge in [-0.2, -0.15) is 17.0 Å². The monoisotopic (exact) mass is 568 g/mol. The second kappa shape index (κ2) is 14.1. The molecule has 212 valence electrons. The molecular formula is C27H32N6O6S. The van der Waals surface area contributed by atoms with Gasteiger partial charge in [-0.3, -0.25) is 19.3 Å². The summed E-state index contributed by atoms with van der Waals surface area (Å²) in [5.41, 5.74) is 2.39. The van der Waals surface area contributed by atoms with Crippen LogP contribution in [0.2, 0.25) is 0 Å². The minimum Gasteiger partial charge on any atom is -0.485 e. The summed E-state index contributed by atoms with van der Waals surface area (Å²) >= 11 is 1.79. The van der Waals surface area contributed by atoms with E-state index in [1.54, 1.807) is 36.9 Å². The van der Waals surface area contributed by atoms with E-state index in [0.717, 1.165) is 41.9 Å². The number of hydrogen-bond donors (Lipinski definition) is 1. The Balaban J connectivity index is 0.000000189. The number of morpholine rings is 1. The van der Waals surface area contributed by atoms with Crippen LogP contribution in [-0.2, 0) is 32.0 Å². The van der Waals surface area contributed by atoms with Crippen molar-refractivity contribution in [3.05, 3.63) is 40.7 Å². The Labute approximate surface area is 237 Å². The zero-order chi connectivity index (χ0) is 28.5. The highest BCUT2D eigenvalue weighted by atomic mass is 32.2.